The Balaban J connectivity index is 1.51. The lowest BCUT2D eigenvalue weighted by Gasteiger charge is -2.30. The van der Waals surface area contributed by atoms with Gasteiger partial charge in [0.25, 0.3) is 0 Å². The summed E-state index contributed by atoms with van der Waals surface area (Å²) in [5.74, 6) is 1.70. The number of anilines is 6. The highest BCUT2D eigenvalue weighted by Gasteiger charge is 2.18. The molecule has 0 bridgehead atoms. The maximum atomic E-state index is 12.0. The first-order valence-electron chi connectivity index (χ1n) is 13.5. The van der Waals surface area contributed by atoms with E-state index in [9.17, 15) is 4.79 Å². The quantitative estimate of drug-likeness (QED) is 0.190. The van der Waals surface area contributed by atoms with Crippen LogP contribution in [0.15, 0.2) is 84.0 Å². The Hall–Kier alpha value is -4.96. The lowest BCUT2D eigenvalue weighted by atomic mass is 10.1. The fourth-order valence-corrected chi connectivity index (χ4v) is 4.69. The lowest BCUT2D eigenvalue weighted by molar-refractivity contribution is -0.102. The fourth-order valence-electron chi connectivity index (χ4n) is 4.69. The molecule has 1 aromatic heterocycles. The predicted octanol–water partition coefficient (Wildman–Crippen LogP) is 4.77. The Morgan fingerprint density at radius 2 is 1.85 bits per heavy atom. The molecule has 10 heteroatoms. The van der Waals surface area contributed by atoms with Gasteiger partial charge in [-0.15, -0.1) is 0 Å². The van der Waals surface area contributed by atoms with Crippen LogP contribution in [-0.2, 0) is 4.79 Å². The van der Waals surface area contributed by atoms with E-state index in [1.165, 1.54) is 0 Å². The highest BCUT2D eigenvalue weighted by molar-refractivity contribution is 6.37. The Morgan fingerprint density at radius 3 is 2.59 bits per heavy atom. The first kappa shape index (κ1) is 27.6. The smallest absolute Gasteiger partial charge is 0.229 e. The number of nitrogens with zero attached hydrogens (tertiary/aromatic N) is 5. The van der Waals surface area contributed by atoms with Gasteiger partial charge in [-0.05, 0) is 30.3 Å². The molecule has 3 aromatic carbocycles. The number of aldehydes is 1. The SMILES string of the molecule is CNc1cccc(N(C)c2nc(Nc3ccc(N4CCNCC4)c(OC)c3)ncc2/N=C(\C=O)c2ccccc2)c1. The van der Waals surface area contributed by atoms with Crippen LogP contribution in [-0.4, -0.2) is 69.3 Å². The Kier molecular flexibility index (Phi) is 8.70. The van der Waals surface area contributed by atoms with Crippen molar-refractivity contribution in [2.75, 3.05) is 67.8 Å². The van der Waals surface area contributed by atoms with Gasteiger partial charge in [-0.25, -0.2) is 9.98 Å². The number of nitrogens with one attached hydrogen (secondary N) is 3. The molecule has 2 heterocycles. The monoisotopic (exact) mass is 550 g/mol. The number of carbonyl (C=O) groups is 1. The van der Waals surface area contributed by atoms with Crippen LogP contribution in [0.1, 0.15) is 5.56 Å². The third-order valence-corrected chi connectivity index (χ3v) is 6.91. The minimum atomic E-state index is 0.293. The van der Waals surface area contributed by atoms with Gasteiger partial charge >= 0.3 is 0 Å². The van der Waals surface area contributed by atoms with Crippen LogP contribution in [0, 0.1) is 0 Å². The minimum absolute atomic E-state index is 0.293. The van der Waals surface area contributed by atoms with Gasteiger partial charge in [0, 0.05) is 69.0 Å². The highest BCUT2D eigenvalue weighted by atomic mass is 16.5. The summed E-state index contributed by atoms with van der Waals surface area (Å²) in [5.41, 5.74) is 5.17. The van der Waals surface area contributed by atoms with Crippen molar-refractivity contribution in [3.05, 3.63) is 84.6 Å². The summed E-state index contributed by atoms with van der Waals surface area (Å²) in [6.07, 6.45) is 2.38. The van der Waals surface area contributed by atoms with Gasteiger partial charge in [0.05, 0.1) is 19.0 Å². The van der Waals surface area contributed by atoms with Gasteiger partial charge in [0.1, 0.15) is 17.1 Å². The molecule has 3 N–H and O–H groups in total. The maximum absolute atomic E-state index is 12.0. The molecule has 1 fully saturated rings. The zero-order valence-electron chi connectivity index (χ0n) is 23.5. The molecule has 4 aromatic rings. The number of rotatable bonds is 10. The van der Waals surface area contributed by atoms with E-state index >= 15 is 0 Å². The molecule has 210 valence electrons. The van der Waals surface area contributed by atoms with E-state index in [2.05, 4.69) is 36.9 Å². The number of piperazine rings is 1. The van der Waals surface area contributed by atoms with Crippen molar-refractivity contribution < 1.29 is 9.53 Å². The Morgan fingerprint density at radius 1 is 1.05 bits per heavy atom. The van der Waals surface area contributed by atoms with Crippen LogP contribution in [0.3, 0.4) is 0 Å². The molecule has 1 aliphatic heterocycles. The van der Waals surface area contributed by atoms with Crippen LogP contribution >= 0.6 is 0 Å². The van der Waals surface area contributed by atoms with Gasteiger partial charge in [0.15, 0.2) is 12.1 Å². The third-order valence-electron chi connectivity index (χ3n) is 6.91. The zero-order chi connectivity index (χ0) is 28.6. The number of methoxy groups -OCH3 is 1. The van der Waals surface area contributed by atoms with Crippen molar-refractivity contribution in [3.8, 4) is 5.75 Å². The molecule has 10 nitrogen and oxygen atoms in total. The average Bonchev–Trinajstić information content (AvgIpc) is 3.04. The van der Waals surface area contributed by atoms with E-state index in [-0.39, 0.29) is 0 Å². The molecule has 1 aliphatic rings. The van der Waals surface area contributed by atoms with E-state index in [1.807, 2.05) is 85.7 Å². The number of hydrogen-bond acceptors (Lipinski definition) is 10. The van der Waals surface area contributed by atoms with Gasteiger partial charge < -0.3 is 30.5 Å². The molecular weight excluding hydrogens is 516 g/mol. The molecule has 0 atom stereocenters. The second-order valence-corrected chi connectivity index (χ2v) is 9.49. The van der Waals surface area contributed by atoms with Gasteiger partial charge in [-0.1, -0.05) is 36.4 Å². The number of ether oxygens (including phenoxy) is 1. The van der Waals surface area contributed by atoms with Crippen LogP contribution in [0.2, 0.25) is 0 Å². The molecule has 1 saturated heterocycles. The molecule has 0 radical (unpaired) electrons. The number of aromatic nitrogens is 2. The van der Waals surface area contributed by atoms with Crippen LogP contribution < -0.4 is 30.5 Å². The van der Waals surface area contributed by atoms with E-state index in [1.54, 1.807) is 13.3 Å². The van der Waals surface area contributed by atoms with Crippen LogP contribution in [0.4, 0.5) is 40.2 Å². The predicted molar refractivity (Wildman–Crippen MR) is 166 cm³/mol. The van der Waals surface area contributed by atoms with Crippen LogP contribution in [0.25, 0.3) is 0 Å². The molecule has 0 aliphatic carbocycles. The largest absolute Gasteiger partial charge is 0.495 e. The van der Waals surface area contributed by atoms with E-state index in [0.29, 0.717) is 28.7 Å². The summed E-state index contributed by atoms with van der Waals surface area (Å²) in [5, 5.41) is 9.86. The molecule has 5 rings (SSSR count). The zero-order valence-corrected chi connectivity index (χ0v) is 23.5. The summed E-state index contributed by atoms with van der Waals surface area (Å²) < 4.78 is 5.73. The van der Waals surface area contributed by atoms with Gasteiger partial charge in [-0.3, -0.25) is 4.79 Å². The van der Waals surface area contributed by atoms with E-state index < -0.39 is 0 Å². The third kappa shape index (κ3) is 6.44. The first-order valence-corrected chi connectivity index (χ1v) is 13.5. The summed E-state index contributed by atoms with van der Waals surface area (Å²) in [6, 6.07) is 23.3. The summed E-state index contributed by atoms with van der Waals surface area (Å²) in [4.78, 5) is 30.3. The standard InChI is InChI=1S/C31H34N8O2/c1-32-23-10-7-11-25(18-23)38(2)30-26(36-27(21-40)22-8-5-4-6-9-22)20-34-31(37-30)35-24-12-13-28(29(19-24)41-3)39-16-14-33-15-17-39/h4-13,18-21,32-33H,14-17H2,1-3H3,(H,34,35,37)/b36-27+. The summed E-state index contributed by atoms with van der Waals surface area (Å²) in [7, 11) is 5.46. The molecular formula is C31H34N8O2. The van der Waals surface area contributed by atoms with Crippen molar-refractivity contribution >= 4 is 52.2 Å². The van der Waals surface area contributed by atoms with Crippen molar-refractivity contribution in [2.45, 2.75) is 0 Å². The topological polar surface area (TPSA) is 107 Å². The highest BCUT2D eigenvalue weighted by Crippen LogP contribution is 2.35. The molecule has 41 heavy (non-hydrogen) atoms. The molecule has 0 unspecified atom stereocenters. The summed E-state index contributed by atoms with van der Waals surface area (Å²) in [6.45, 7) is 3.72. The minimum Gasteiger partial charge on any atom is -0.495 e. The number of carbonyl (C=O) groups excluding carboxylic acids is 1. The number of hydrogen-bond donors (Lipinski definition) is 3. The first-order chi connectivity index (χ1) is 20.1. The van der Waals surface area contributed by atoms with Crippen LogP contribution in [0.5, 0.6) is 5.75 Å². The average molecular weight is 551 g/mol. The molecule has 0 amide bonds. The fraction of sp³-hybridized carbons (Fsp3) is 0.226. The molecule has 0 spiro atoms. The second-order valence-electron chi connectivity index (χ2n) is 9.49. The van der Waals surface area contributed by atoms with E-state index in [4.69, 9.17) is 9.72 Å². The Bertz CT molecular complexity index is 1520. The van der Waals surface area contributed by atoms with Gasteiger partial charge in [-0.2, -0.15) is 4.98 Å². The second kappa shape index (κ2) is 12.9. The Labute approximate surface area is 240 Å². The molecule has 0 saturated carbocycles. The van der Waals surface area contributed by atoms with Crippen molar-refractivity contribution in [3.63, 3.8) is 0 Å². The number of aliphatic imine (C=N–C) groups is 1. The van der Waals surface area contributed by atoms with Crippen molar-refractivity contribution in [2.24, 2.45) is 4.99 Å². The number of benzene rings is 3. The lowest BCUT2D eigenvalue weighted by Crippen LogP contribution is -2.43. The van der Waals surface area contributed by atoms with Crippen molar-refractivity contribution in [1.29, 1.82) is 0 Å². The maximum Gasteiger partial charge on any atom is 0.229 e. The normalized spacial score (nSPS) is 13.4. The van der Waals surface area contributed by atoms with E-state index in [0.717, 1.165) is 61.0 Å². The van der Waals surface area contributed by atoms with Gasteiger partial charge in [0.2, 0.25) is 5.95 Å². The summed E-state index contributed by atoms with van der Waals surface area (Å²) >= 11 is 0. The van der Waals surface area contributed by atoms with Crippen molar-refractivity contribution in [1.82, 2.24) is 15.3 Å².